The van der Waals surface area contributed by atoms with Crippen molar-refractivity contribution >= 4 is 52.4 Å². The van der Waals surface area contributed by atoms with E-state index in [0.29, 0.717) is 35.1 Å². The van der Waals surface area contributed by atoms with Crippen LogP contribution in [0.1, 0.15) is 18.4 Å². The molecule has 2 aromatic carbocycles. The topological polar surface area (TPSA) is 52.6 Å². The van der Waals surface area contributed by atoms with Crippen molar-refractivity contribution < 1.29 is 4.79 Å². The van der Waals surface area contributed by atoms with Gasteiger partial charge in [0.15, 0.2) is 5.16 Å². The van der Waals surface area contributed by atoms with Crippen molar-refractivity contribution in [1.82, 2.24) is 14.9 Å². The van der Waals surface area contributed by atoms with Crippen LogP contribution in [0.2, 0.25) is 10.2 Å². The summed E-state index contributed by atoms with van der Waals surface area (Å²) in [7, 11) is 0. The number of piperazine rings is 1. The third-order valence-electron chi connectivity index (χ3n) is 7.10. The van der Waals surface area contributed by atoms with Gasteiger partial charge in [0, 0.05) is 56.0 Å². The molecule has 5 rings (SSSR count). The first kappa shape index (κ1) is 26.1. The van der Waals surface area contributed by atoms with Crippen LogP contribution < -0.4 is 9.80 Å². The Kier molecular flexibility index (Phi) is 8.74. The zero-order chi connectivity index (χ0) is 25.6. The van der Waals surface area contributed by atoms with E-state index in [-0.39, 0.29) is 5.91 Å². The zero-order valence-electron chi connectivity index (χ0n) is 20.7. The average molecular weight is 557 g/mol. The van der Waals surface area contributed by atoms with Crippen molar-refractivity contribution in [2.45, 2.75) is 24.4 Å². The van der Waals surface area contributed by atoms with Crippen LogP contribution in [0.3, 0.4) is 0 Å². The molecule has 194 valence electrons. The molecule has 0 bridgehead atoms. The number of halogens is 2. The SMILES string of the molecule is O=C(CSc1nc(Cl)cc(N2CCC(Cc3ccccc3)CC2)n1)N1CCN(c2cccc(Cl)c2)CC1. The highest BCUT2D eigenvalue weighted by atomic mass is 35.5. The molecule has 0 N–H and O–H groups in total. The predicted octanol–water partition coefficient (Wildman–Crippen LogP) is 5.68. The Balaban J connectivity index is 1.11. The van der Waals surface area contributed by atoms with Crippen LogP contribution in [0.25, 0.3) is 0 Å². The van der Waals surface area contributed by atoms with E-state index in [4.69, 9.17) is 28.2 Å². The summed E-state index contributed by atoms with van der Waals surface area (Å²) in [5.74, 6) is 1.93. The summed E-state index contributed by atoms with van der Waals surface area (Å²) in [5, 5.41) is 1.70. The number of rotatable bonds is 7. The maximum absolute atomic E-state index is 12.9. The van der Waals surface area contributed by atoms with Crippen LogP contribution in [0.15, 0.2) is 65.8 Å². The maximum atomic E-state index is 12.9. The predicted molar refractivity (Wildman–Crippen MR) is 153 cm³/mol. The summed E-state index contributed by atoms with van der Waals surface area (Å²) in [4.78, 5) is 28.5. The maximum Gasteiger partial charge on any atom is 0.233 e. The Labute approximate surface area is 233 Å². The number of piperidine rings is 1. The standard InChI is InChI=1S/C28H31Cl2N5OS/c29-23-7-4-8-24(18-23)33-13-15-35(16-14-33)27(36)20-37-28-31-25(30)19-26(32-28)34-11-9-22(10-12-34)17-21-5-2-1-3-6-21/h1-8,18-19,22H,9-17,20H2. The fourth-order valence-electron chi connectivity index (χ4n) is 5.03. The van der Waals surface area contributed by atoms with E-state index in [1.54, 1.807) is 0 Å². The molecule has 0 unspecified atom stereocenters. The summed E-state index contributed by atoms with van der Waals surface area (Å²) in [6.45, 7) is 4.84. The quantitative estimate of drug-likeness (QED) is 0.212. The van der Waals surface area contributed by atoms with Gasteiger partial charge in [0.2, 0.25) is 5.91 Å². The first-order valence-electron chi connectivity index (χ1n) is 12.8. The second kappa shape index (κ2) is 12.4. The minimum Gasteiger partial charge on any atom is -0.368 e. The van der Waals surface area contributed by atoms with Gasteiger partial charge in [-0.3, -0.25) is 4.79 Å². The normalized spacial score (nSPS) is 16.8. The lowest BCUT2D eigenvalue weighted by Gasteiger charge is -2.36. The molecule has 9 heteroatoms. The van der Waals surface area contributed by atoms with Gasteiger partial charge < -0.3 is 14.7 Å². The summed E-state index contributed by atoms with van der Waals surface area (Å²) in [6.07, 6.45) is 3.37. The highest BCUT2D eigenvalue weighted by Crippen LogP contribution is 2.28. The number of carbonyl (C=O) groups is 1. The van der Waals surface area contributed by atoms with Crippen molar-refractivity contribution in [3.05, 3.63) is 76.4 Å². The summed E-state index contributed by atoms with van der Waals surface area (Å²) in [6, 6.07) is 20.4. The molecule has 37 heavy (non-hydrogen) atoms. The molecule has 3 heterocycles. The molecular formula is C28H31Cl2N5OS. The molecule has 0 atom stereocenters. The third kappa shape index (κ3) is 7.09. The summed E-state index contributed by atoms with van der Waals surface area (Å²) < 4.78 is 0. The van der Waals surface area contributed by atoms with Crippen LogP contribution >= 0.6 is 35.0 Å². The number of thioether (sulfide) groups is 1. The molecule has 0 radical (unpaired) electrons. The van der Waals surface area contributed by atoms with Crippen molar-refractivity contribution in [1.29, 1.82) is 0 Å². The van der Waals surface area contributed by atoms with Gasteiger partial charge in [-0.25, -0.2) is 9.97 Å². The minimum absolute atomic E-state index is 0.0996. The van der Waals surface area contributed by atoms with Crippen LogP contribution in [-0.4, -0.2) is 65.8 Å². The van der Waals surface area contributed by atoms with Crippen molar-refractivity contribution in [3.8, 4) is 0 Å². The fraction of sp³-hybridized carbons (Fsp3) is 0.393. The van der Waals surface area contributed by atoms with Crippen LogP contribution in [-0.2, 0) is 11.2 Å². The van der Waals surface area contributed by atoms with E-state index >= 15 is 0 Å². The van der Waals surface area contributed by atoms with Gasteiger partial charge in [0.05, 0.1) is 5.75 Å². The lowest BCUT2D eigenvalue weighted by atomic mass is 9.90. The number of benzene rings is 2. The number of amides is 1. The van der Waals surface area contributed by atoms with Gasteiger partial charge >= 0.3 is 0 Å². The van der Waals surface area contributed by atoms with E-state index in [1.165, 1.54) is 17.3 Å². The Hall–Kier alpha value is -2.48. The fourth-order valence-corrected chi connectivity index (χ4v) is 6.20. The first-order valence-corrected chi connectivity index (χ1v) is 14.5. The van der Waals surface area contributed by atoms with Crippen molar-refractivity contribution in [2.75, 3.05) is 54.8 Å². The van der Waals surface area contributed by atoms with Gasteiger partial charge in [-0.2, -0.15) is 0 Å². The molecule has 1 aromatic heterocycles. The number of carbonyl (C=O) groups excluding carboxylic acids is 1. The largest absolute Gasteiger partial charge is 0.368 e. The first-order chi connectivity index (χ1) is 18.0. The van der Waals surface area contributed by atoms with E-state index in [1.807, 2.05) is 29.2 Å². The number of hydrogen-bond donors (Lipinski definition) is 0. The molecule has 1 amide bonds. The molecule has 0 spiro atoms. The molecule has 2 saturated heterocycles. The Bertz CT molecular complexity index is 1200. The summed E-state index contributed by atoms with van der Waals surface area (Å²) >= 11 is 13.8. The summed E-state index contributed by atoms with van der Waals surface area (Å²) in [5.41, 5.74) is 2.50. The van der Waals surface area contributed by atoms with Crippen LogP contribution in [0, 0.1) is 5.92 Å². The van der Waals surface area contributed by atoms with Crippen LogP contribution in [0.4, 0.5) is 11.5 Å². The molecule has 0 saturated carbocycles. The highest BCUT2D eigenvalue weighted by Gasteiger charge is 2.24. The zero-order valence-corrected chi connectivity index (χ0v) is 23.1. The van der Waals surface area contributed by atoms with Gasteiger partial charge in [-0.05, 0) is 48.9 Å². The van der Waals surface area contributed by atoms with Gasteiger partial charge in [0.25, 0.3) is 0 Å². The molecule has 2 aliphatic rings. The Morgan fingerprint density at radius 1 is 0.865 bits per heavy atom. The number of anilines is 2. The average Bonchev–Trinajstić information content (AvgIpc) is 2.92. The van der Waals surface area contributed by atoms with Crippen LogP contribution in [0.5, 0.6) is 0 Å². The number of aromatic nitrogens is 2. The lowest BCUT2D eigenvalue weighted by molar-refractivity contribution is -0.128. The smallest absolute Gasteiger partial charge is 0.233 e. The molecule has 2 aliphatic heterocycles. The second-order valence-electron chi connectivity index (χ2n) is 9.59. The lowest BCUT2D eigenvalue weighted by Crippen LogP contribution is -2.49. The van der Waals surface area contributed by atoms with Gasteiger partial charge in [0.1, 0.15) is 11.0 Å². The monoisotopic (exact) mass is 555 g/mol. The molecular weight excluding hydrogens is 525 g/mol. The van der Waals surface area contributed by atoms with Gasteiger partial charge in [-0.1, -0.05) is 71.4 Å². The molecule has 0 aliphatic carbocycles. The molecule has 6 nitrogen and oxygen atoms in total. The van der Waals surface area contributed by atoms with E-state index in [2.05, 4.69) is 51.2 Å². The second-order valence-corrected chi connectivity index (χ2v) is 11.4. The van der Waals surface area contributed by atoms with E-state index in [0.717, 1.165) is 62.0 Å². The third-order valence-corrected chi connectivity index (χ3v) is 8.36. The van der Waals surface area contributed by atoms with E-state index < -0.39 is 0 Å². The Morgan fingerprint density at radius 3 is 2.35 bits per heavy atom. The van der Waals surface area contributed by atoms with Crippen molar-refractivity contribution in [3.63, 3.8) is 0 Å². The van der Waals surface area contributed by atoms with Crippen molar-refractivity contribution in [2.24, 2.45) is 5.92 Å². The minimum atomic E-state index is 0.0996. The molecule has 2 fully saturated rings. The van der Waals surface area contributed by atoms with E-state index in [9.17, 15) is 4.79 Å². The highest BCUT2D eigenvalue weighted by molar-refractivity contribution is 7.99. The van der Waals surface area contributed by atoms with Gasteiger partial charge in [-0.15, -0.1) is 0 Å². The number of hydrogen-bond acceptors (Lipinski definition) is 6. The number of nitrogens with zero attached hydrogens (tertiary/aromatic N) is 5. The Morgan fingerprint density at radius 2 is 1.62 bits per heavy atom. The molecule has 3 aromatic rings.